The van der Waals surface area contributed by atoms with Crippen LogP contribution >= 0.6 is 0 Å². The first-order chi connectivity index (χ1) is 8.76. The Hall–Kier alpha value is -1.57. The van der Waals surface area contributed by atoms with Crippen LogP contribution in [0.2, 0.25) is 0 Å². The van der Waals surface area contributed by atoms with E-state index in [0.717, 1.165) is 25.4 Å². The largest absolute Gasteiger partial charge is 0.479 e. The van der Waals surface area contributed by atoms with Gasteiger partial charge in [-0.05, 0) is 23.6 Å². The zero-order chi connectivity index (χ0) is 13.2. The van der Waals surface area contributed by atoms with Gasteiger partial charge < -0.3 is 14.8 Å². The minimum Gasteiger partial charge on any atom is -0.479 e. The van der Waals surface area contributed by atoms with Gasteiger partial charge in [-0.1, -0.05) is 19.1 Å². The van der Waals surface area contributed by atoms with Gasteiger partial charge in [0.1, 0.15) is 11.8 Å². The van der Waals surface area contributed by atoms with Gasteiger partial charge in [0.2, 0.25) is 0 Å². The Morgan fingerprint density at radius 1 is 1.33 bits per heavy atom. The number of nitrogens with one attached hydrogen (secondary N) is 1. The van der Waals surface area contributed by atoms with Gasteiger partial charge >= 0.3 is 0 Å². The fraction of sp³-hybridized carbons (Fsp3) is 0.500. The molecular weight excluding hydrogens is 228 g/mol. The van der Waals surface area contributed by atoms with E-state index < -0.39 is 0 Å². The highest BCUT2D eigenvalue weighted by molar-refractivity contribution is 5.27. The van der Waals surface area contributed by atoms with Gasteiger partial charge in [0, 0.05) is 26.8 Å². The molecule has 0 heterocycles. The van der Waals surface area contributed by atoms with Gasteiger partial charge in [-0.15, -0.1) is 0 Å². The third-order valence-corrected chi connectivity index (χ3v) is 2.50. The molecule has 1 N–H and O–H groups in total. The van der Waals surface area contributed by atoms with E-state index in [0.29, 0.717) is 5.92 Å². The number of methoxy groups -OCH3 is 1. The Balaban J connectivity index is 2.29. The summed E-state index contributed by atoms with van der Waals surface area (Å²) in [6.45, 7) is 4.77. The molecule has 0 saturated carbocycles. The van der Waals surface area contributed by atoms with E-state index in [4.69, 9.17) is 14.7 Å². The highest BCUT2D eigenvalue weighted by Crippen LogP contribution is 2.11. The first kappa shape index (κ1) is 14.5. The standard InChI is InChI=1S/C14H20N2O2/c1-12(11-17-2)9-16-10-13-3-5-14(6-4-13)18-8-7-15/h3-6,12,16H,8-11H2,1-2H3. The van der Waals surface area contributed by atoms with Crippen molar-refractivity contribution >= 4 is 0 Å². The van der Waals surface area contributed by atoms with E-state index >= 15 is 0 Å². The molecule has 0 aliphatic rings. The number of nitrogens with zero attached hydrogens (tertiary/aromatic N) is 1. The number of benzene rings is 1. The molecule has 1 unspecified atom stereocenters. The Morgan fingerprint density at radius 2 is 2.06 bits per heavy atom. The summed E-state index contributed by atoms with van der Waals surface area (Å²) in [7, 11) is 1.72. The zero-order valence-electron chi connectivity index (χ0n) is 11.0. The maximum absolute atomic E-state index is 8.40. The average Bonchev–Trinajstić information content (AvgIpc) is 2.38. The molecule has 4 nitrogen and oxygen atoms in total. The Kier molecular flexibility index (Phi) is 6.85. The summed E-state index contributed by atoms with van der Waals surface area (Å²) in [4.78, 5) is 0. The van der Waals surface area contributed by atoms with Crippen LogP contribution in [0, 0.1) is 17.2 Å². The minimum absolute atomic E-state index is 0.0894. The molecule has 0 spiro atoms. The zero-order valence-corrected chi connectivity index (χ0v) is 11.0. The molecule has 0 aliphatic heterocycles. The van der Waals surface area contributed by atoms with Crippen molar-refractivity contribution in [1.29, 1.82) is 5.26 Å². The van der Waals surface area contributed by atoms with Crippen molar-refractivity contribution in [2.45, 2.75) is 13.5 Å². The number of rotatable bonds is 8. The van der Waals surface area contributed by atoms with Gasteiger partial charge in [0.05, 0.1) is 0 Å². The summed E-state index contributed by atoms with van der Waals surface area (Å²) >= 11 is 0. The number of ether oxygens (including phenoxy) is 2. The van der Waals surface area contributed by atoms with Crippen molar-refractivity contribution in [2.75, 3.05) is 26.9 Å². The van der Waals surface area contributed by atoms with Crippen LogP contribution in [-0.4, -0.2) is 26.9 Å². The molecule has 18 heavy (non-hydrogen) atoms. The molecule has 0 fully saturated rings. The lowest BCUT2D eigenvalue weighted by molar-refractivity contribution is 0.158. The first-order valence-electron chi connectivity index (χ1n) is 6.04. The molecule has 0 amide bonds. The average molecular weight is 248 g/mol. The fourth-order valence-corrected chi connectivity index (χ4v) is 1.63. The smallest absolute Gasteiger partial charge is 0.174 e. The van der Waals surface area contributed by atoms with Crippen molar-refractivity contribution in [2.24, 2.45) is 5.92 Å². The molecule has 4 heteroatoms. The van der Waals surface area contributed by atoms with Crippen LogP contribution in [0.3, 0.4) is 0 Å². The number of hydrogen-bond acceptors (Lipinski definition) is 4. The second kappa shape index (κ2) is 8.51. The first-order valence-corrected chi connectivity index (χ1v) is 6.04. The van der Waals surface area contributed by atoms with Crippen LogP contribution in [0.4, 0.5) is 0 Å². The third kappa shape index (κ3) is 5.67. The highest BCUT2D eigenvalue weighted by Gasteiger charge is 2.00. The molecule has 1 atom stereocenters. The van der Waals surface area contributed by atoms with Crippen LogP contribution in [0.5, 0.6) is 5.75 Å². The topological polar surface area (TPSA) is 54.3 Å². The molecular formula is C14H20N2O2. The van der Waals surface area contributed by atoms with Gasteiger partial charge in [-0.2, -0.15) is 5.26 Å². The monoisotopic (exact) mass is 248 g/mol. The van der Waals surface area contributed by atoms with Crippen molar-refractivity contribution in [3.63, 3.8) is 0 Å². The fourth-order valence-electron chi connectivity index (χ4n) is 1.63. The summed E-state index contributed by atoms with van der Waals surface area (Å²) in [6, 6.07) is 9.71. The van der Waals surface area contributed by atoms with E-state index in [1.165, 1.54) is 5.56 Å². The maximum Gasteiger partial charge on any atom is 0.174 e. The van der Waals surface area contributed by atoms with Crippen LogP contribution in [-0.2, 0) is 11.3 Å². The summed E-state index contributed by atoms with van der Waals surface area (Å²) in [5.74, 6) is 1.24. The van der Waals surface area contributed by atoms with Crippen molar-refractivity contribution in [1.82, 2.24) is 5.32 Å². The Bertz CT molecular complexity index is 370. The summed E-state index contributed by atoms with van der Waals surface area (Å²) in [5, 5.41) is 11.8. The number of nitriles is 1. The van der Waals surface area contributed by atoms with E-state index in [1.54, 1.807) is 7.11 Å². The molecule has 1 aromatic rings. The number of hydrogen-bond donors (Lipinski definition) is 1. The molecule has 1 rings (SSSR count). The SMILES string of the molecule is COCC(C)CNCc1ccc(OCC#N)cc1. The van der Waals surface area contributed by atoms with Crippen LogP contribution in [0.25, 0.3) is 0 Å². The predicted octanol–water partition coefficient (Wildman–Crippen LogP) is 1.96. The lowest BCUT2D eigenvalue weighted by Crippen LogP contribution is -2.23. The quantitative estimate of drug-likeness (QED) is 0.764. The van der Waals surface area contributed by atoms with Gasteiger partial charge in [0.15, 0.2) is 6.61 Å². The second-order valence-electron chi connectivity index (χ2n) is 4.28. The van der Waals surface area contributed by atoms with E-state index in [1.807, 2.05) is 30.3 Å². The molecule has 0 aliphatic carbocycles. The second-order valence-corrected chi connectivity index (χ2v) is 4.28. The third-order valence-electron chi connectivity index (χ3n) is 2.50. The van der Waals surface area contributed by atoms with Gasteiger partial charge in [-0.3, -0.25) is 0 Å². The van der Waals surface area contributed by atoms with Gasteiger partial charge in [0.25, 0.3) is 0 Å². The van der Waals surface area contributed by atoms with Crippen LogP contribution in [0.1, 0.15) is 12.5 Å². The predicted molar refractivity (Wildman–Crippen MR) is 70.3 cm³/mol. The summed E-state index contributed by atoms with van der Waals surface area (Å²) in [6.07, 6.45) is 0. The molecule has 0 aromatic heterocycles. The van der Waals surface area contributed by atoms with Crippen LogP contribution in [0.15, 0.2) is 24.3 Å². The summed E-state index contributed by atoms with van der Waals surface area (Å²) < 4.78 is 10.3. The normalized spacial score (nSPS) is 11.8. The molecule has 98 valence electrons. The lowest BCUT2D eigenvalue weighted by atomic mass is 10.2. The van der Waals surface area contributed by atoms with Gasteiger partial charge in [-0.25, -0.2) is 0 Å². The van der Waals surface area contributed by atoms with Crippen molar-refractivity contribution in [3.8, 4) is 11.8 Å². The molecule has 1 aromatic carbocycles. The Labute approximate surface area is 109 Å². The molecule has 0 bridgehead atoms. The summed E-state index contributed by atoms with van der Waals surface area (Å²) in [5.41, 5.74) is 1.20. The van der Waals surface area contributed by atoms with E-state index in [2.05, 4.69) is 12.2 Å². The minimum atomic E-state index is 0.0894. The van der Waals surface area contributed by atoms with E-state index in [-0.39, 0.29) is 6.61 Å². The van der Waals surface area contributed by atoms with E-state index in [9.17, 15) is 0 Å². The van der Waals surface area contributed by atoms with Crippen molar-refractivity contribution < 1.29 is 9.47 Å². The Morgan fingerprint density at radius 3 is 2.67 bits per heavy atom. The van der Waals surface area contributed by atoms with Crippen LogP contribution < -0.4 is 10.1 Å². The highest BCUT2D eigenvalue weighted by atomic mass is 16.5. The molecule has 0 saturated heterocycles. The maximum atomic E-state index is 8.40. The lowest BCUT2D eigenvalue weighted by Gasteiger charge is -2.11. The molecule has 0 radical (unpaired) electrons. The van der Waals surface area contributed by atoms with Crippen molar-refractivity contribution in [3.05, 3.63) is 29.8 Å².